The highest BCUT2D eigenvalue weighted by atomic mass is 32.2. The van der Waals surface area contributed by atoms with Gasteiger partial charge in [0.25, 0.3) is 0 Å². The summed E-state index contributed by atoms with van der Waals surface area (Å²) in [6.45, 7) is 2.92. The van der Waals surface area contributed by atoms with E-state index in [0.29, 0.717) is 13.1 Å². The lowest BCUT2D eigenvalue weighted by Crippen LogP contribution is -2.32. The Morgan fingerprint density at radius 3 is 2.79 bits per heavy atom. The number of rotatable bonds is 8. The van der Waals surface area contributed by atoms with Crippen LogP contribution in [0.2, 0.25) is 0 Å². The zero-order valence-corrected chi connectivity index (χ0v) is 17.0. The third-order valence-electron chi connectivity index (χ3n) is 4.76. The molecule has 0 atom stereocenters. The van der Waals surface area contributed by atoms with Crippen molar-refractivity contribution in [1.82, 2.24) is 25.1 Å². The number of piperidine rings is 1. The highest BCUT2D eigenvalue weighted by Gasteiger charge is 2.21. The predicted molar refractivity (Wildman–Crippen MR) is 111 cm³/mol. The van der Waals surface area contributed by atoms with Crippen molar-refractivity contribution in [1.29, 1.82) is 0 Å². The number of thioether (sulfide) groups is 1. The van der Waals surface area contributed by atoms with Crippen LogP contribution in [0.1, 0.15) is 30.7 Å². The van der Waals surface area contributed by atoms with Crippen LogP contribution >= 0.6 is 11.8 Å². The standard InChI is InChI=1S/C20H24N6O2S/c27-18(22-13-16-7-2-3-9-21-16)15-29-20-24-23-19(25-10-4-1-5-11-25)26(20)14-17-8-6-12-28-17/h2-3,6-9,12H,1,4-5,10-11,13-15H2,(H,22,27). The Hall–Kier alpha value is -2.81. The molecule has 152 valence electrons. The molecule has 0 aromatic carbocycles. The maximum Gasteiger partial charge on any atom is 0.230 e. The molecule has 3 aromatic rings. The second kappa shape index (κ2) is 9.60. The molecular formula is C20H24N6O2S. The van der Waals surface area contributed by atoms with Gasteiger partial charge in [0.15, 0.2) is 5.16 Å². The van der Waals surface area contributed by atoms with Crippen LogP contribution in [0.15, 0.2) is 52.4 Å². The van der Waals surface area contributed by atoms with E-state index >= 15 is 0 Å². The minimum Gasteiger partial charge on any atom is -0.467 e. The second-order valence-corrected chi connectivity index (χ2v) is 7.82. The fourth-order valence-electron chi connectivity index (χ4n) is 3.29. The third-order valence-corrected chi connectivity index (χ3v) is 5.72. The predicted octanol–water partition coefficient (Wildman–Crippen LogP) is 2.71. The first-order valence-electron chi connectivity index (χ1n) is 9.79. The monoisotopic (exact) mass is 412 g/mol. The van der Waals surface area contributed by atoms with Crippen LogP contribution in [0.4, 0.5) is 5.95 Å². The van der Waals surface area contributed by atoms with Crippen LogP contribution in [0.3, 0.4) is 0 Å². The highest BCUT2D eigenvalue weighted by molar-refractivity contribution is 7.99. The Balaban J connectivity index is 1.41. The van der Waals surface area contributed by atoms with Crippen molar-refractivity contribution in [3.05, 3.63) is 54.2 Å². The number of aromatic nitrogens is 4. The van der Waals surface area contributed by atoms with Crippen LogP contribution in [-0.4, -0.2) is 44.5 Å². The summed E-state index contributed by atoms with van der Waals surface area (Å²) in [5.41, 5.74) is 0.833. The van der Waals surface area contributed by atoms with Gasteiger partial charge in [-0.25, -0.2) is 0 Å². The van der Waals surface area contributed by atoms with Crippen LogP contribution in [0, 0.1) is 0 Å². The maximum atomic E-state index is 12.3. The lowest BCUT2D eigenvalue weighted by Gasteiger charge is -2.27. The molecule has 1 aliphatic heterocycles. The molecule has 4 rings (SSSR count). The van der Waals surface area contributed by atoms with Crippen molar-refractivity contribution in [3.8, 4) is 0 Å². The van der Waals surface area contributed by atoms with Crippen molar-refractivity contribution in [3.63, 3.8) is 0 Å². The van der Waals surface area contributed by atoms with Gasteiger partial charge in [0, 0.05) is 19.3 Å². The number of amides is 1. The van der Waals surface area contributed by atoms with Gasteiger partial charge in [-0.05, 0) is 43.5 Å². The van der Waals surface area contributed by atoms with Crippen LogP contribution in [0.5, 0.6) is 0 Å². The lowest BCUT2D eigenvalue weighted by atomic mass is 10.1. The number of carbonyl (C=O) groups is 1. The molecule has 1 saturated heterocycles. The summed E-state index contributed by atoms with van der Waals surface area (Å²) in [7, 11) is 0. The summed E-state index contributed by atoms with van der Waals surface area (Å²) in [5, 5.41) is 12.4. The van der Waals surface area contributed by atoms with Crippen molar-refractivity contribution >= 4 is 23.6 Å². The van der Waals surface area contributed by atoms with E-state index in [-0.39, 0.29) is 11.7 Å². The minimum absolute atomic E-state index is 0.0623. The molecule has 3 aromatic heterocycles. The van der Waals surface area contributed by atoms with E-state index in [1.165, 1.54) is 18.2 Å². The van der Waals surface area contributed by atoms with Crippen LogP contribution in [0.25, 0.3) is 0 Å². The minimum atomic E-state index is -0.0623. The van der Waals surface area contributed by atoms with Crippen molar-refractivity contribution < 1.29 is 9.21 Å². The topological polar surface area (TPSA) is 89.1 Å². The van der Waals surface area contributed by atoms with E-state index in [1.54, 1.807) is 12.5 Å². The van der Waals surface area contributed by atoms with Gasteiger partial charge < -0.3 is 14.6 Å². The fourth-order valence-corrected chi connectivity index (χ4v) is 4.05. The van der Waals surface area contributed by atoms with Gasteiger partial charge in [-0.15, -0.1) is 10.2 Å². The normalized spacial score (nSPS) is 14.1. The van der Waals surface area contributed by atoms with E-state index in [9.17, 15) is 4.79 Å². The molecule has 1 amide bonds. The van der Waals surface area contributed by atoms with Crippen LogP contribution < -0.4 is 10.2 Å². The Kier molecular flexibility index (Phi) is 6.45. The van der Waals surface area contributed by atoms with Crippen molar-refractivity contribution in [2.75, 3.05) is 23.7 Å². The van der Waals surface area contributed by atoms with E-state index in [1.807, 2.05) is 34.9 Å². The summed E-state index contributed by atoms with van der Waals surface area (Å²) < 4.78 is 7.57. The Labute approximate surface area is 173 Å². The molecule has 0 saturated carbocycles. The number of carbonyl (C=O) groups excluding carboxylic acids is 1. The second-order valence-electron chi connectivity index (χ2n) is 6.88. The first-order valence-corrected chi connectivity index (χ1v) is 10.8. The number of anilines is 1. The maximum absolute atomic E-state index is 12.3. The fraction of sp³-hybridized carbons (Fsp3) is 0.400. The molecule has 29 heavy (non-hydrogen) atoms. The zero-order valence-electron chi connectivity index (χ0n) is 16.2. The Bertz CT molecular complexity index is 906. The number of hydrogen-bond acceptors (Lipinski definition) is 7. The molecule has 0 aliphatic carbocycles. The Morgan fingerprint density at radius 2 is 2.03 bits per heavy atom. The molecule has 1 N–H and O–H groups in total. The summed E-state index contributed by atoms with van der Waals surface area (Å²) in [5.74, 6) is 1.89. The Morgan fingerprint density at radius 1 is 1.14 bits per heavy atom. The quantitative estimate of drug-likeness (QED) is 0.569. The molecule has 1 fully saturated rings. The van der Waals surface area contributed by atoms with Gasteiger partial charge in [0.1, 0.15) is 5.76 Å². The molecule has 1 aliphatic rings. The zero-order chi connectivity index (χ0) is 19.9. The summed E-state index contributed by atoms with van der Waals surface area (Å²) >= 11 is 1.39. The van der Waals surface area contributed by atoms with Gasteiger partial charge in [-0.3, -0.25) is 14.3 Å². The molecular weight excluding hydrogens is 388 g/mol. The average molecular weight is 413 g/mol. The lowest BCUT2D eigenvalue weighted by molar-refractivity contribution is -0.118. The molecule has 0 bridgehead atoms. The largest absolute Gasteiger partial charge is 0.467 e. The number of nitrogens with one attached hydrogen (secondary N) is 1. The summed E-state index contributed by atoms with van der Waals surface area (Å²) in [6, 6.07) is 9.46. The van der Waals surface area contributed by atoms with E-state index in [2.05, 4.69) is 25.4 Å². The number of pyridine rings is 1. The molecule has 4 heterocycles. The summed E-state index contributed by atoms with van der Waals surface area (Å²) in [4.78, 5) is 18.8. The van der Waals surface area contributed by atoms with E-state index in [4.69, 9.17) is 4.42 Å². The van der Waals surface area contributed by atoms with E-state index < -0.39 is 0 Å². The van der Waals surface area contributed by atoms with Gasteiger partial charge in [0.2, 0.25) is 11.9 Å². The molecule has 0 unspecified atom stereocenters. The van der Waals surface area contributed by atoms with Gasteiger partial charge in [-0.1, -0.05) is 17.8 Å². The van der Waals surface area contributed by atoms with Crippen molar-refractivity contribution in [2.24, 2.45) is 0 Å². The molecule has 8 nitrogen and oxygen atoms in total. The number of nitrogens with zero attached hydrogens (tertiary/aromatic N) is 5. The highest BCUT2D eigenvalue weighted by Crippen LogP contribution is 2.25. The number of hydrogen-bond donors (Lipinski definition) is 1. The van der Waals surface area contributed by atoms with E-state index in [0.717, 1.165) is 48.5 Å². The SMILES string of the molecule is O=C(CSc1nnc(N2CCCCC2)n1Cc1ccco1)NCc1ccccn1. The molecule has 0 spiro atoms. The van der Waals surface area contributed by atoms with Gasteiger partial charge in [0.05, 0.1) is 30.8 Å². The molecule has 9 heteroatoms. The smallest absolute Gasteiger partial charge is 0.230 e. The van der Waals surface area contributed by atoms with Gasteiger partial charge in [-0.2, -0.15) is 0 Å². The van der Waals surface area contributed by atoms with Gasteiger partial charge >= 0.3 is 0 Å². The first-order chi connectivity index (χ1) is 14.3. The third kappa shape index (κ3) is 5.17. The first kappa shape index (κ1) is 19.5. The van der Waals surface area contributed by atoms with Crippen molar-refractivity contribution in [2.45, 2.75) is 37.5 Å². The average Bonchev–Trinajstić information content (AvgIpc) is 3.42. The summed E-state index contributed by atoms with van der Waals surface area (Å²) in [6.07, 6.45) is 6.95. The molecule has 0 radical (unpaired) electrons. The van der Waals surface area contributed by atoms with Crippen LogP contribution in [-0.2, 0) is 17.9 Å². The number of furan rings is 1.